The lowest BCUT2D eigenvalue weighted by Crippen LogP contribution is -2.54. The lowest BCUT2D eigenvalue weighted by Gasteiger charge is -2.37. The van der Waals surface area contributed by atoms with Crippen LogP contribution in [0, 0.1) is 0 Å². The number of aromatic nitrogens is 2. The van der Waals surface area contributed by atoms with Crippen molar-refractivity contribution in [3.63, 3.8) is 0 Å². The molecule has 2 aromatic carbocycles. The summed E-state index contributed by atoms with van der Waals surface area (Å²) in [5.41, 5.74) is 2.83. The summed E-state index contributed by atoms with van der Waals surface area (Å²) < 4.78 is 11.0. The van der Waals surface area contributed by atoms with Gasteiger partial charge in [0.05, 0.1) is 10.8 Å². The molecule has 4 aromatic heterocycles. The average Bonchev–Trinajstić information content (AvgIpc) is 3.12. The molecule has 0 aliphatic carbocycles. The van der Waals surface area contributed by atoms with E-state index in [2.05, 4.69) is 63.0 Å². The number of rotatable bonds is 4. The molecule has 10 heteroatoms. The highest BCUT2D eigenvalue weighted by atomic mass is 16.4. The van der Waals surface area contributed by atoms with Crippen molar-refractivity contribution in [2.45, 2.75) is 25.9 Å². The maximum Gasteiger partial charge on any atom is 0.344 e. The minimum Gasteiger partial charge on any atom is -0.421 e. The minimum absolute atomic E-state index is 0.316. The van der Waals surface area contributed by atoms with Crippen LogP contribution in [-0.2, 0) is 0 Å². The molecule has 1 N–H and O–H groups in total. The van der Waals surface area contributed by atoms with E-state index >= 15 is 0 Å². The molecule has 0 saturated carbocycles. The van der Waals surface area contributed by atoms with Gasteiger partial charge in [-0.1, -0.05) is 24.3 Å². The second-order valence-electron chi connectivity index (χ2n) is 12.9. The monoisotopic (exact) mass is 656 g/mol. The van der Waals surface area contributed by atoms with Crippen LogP contribution in [0.15, 0.2) is 116 Å². The van der Waals surface area contributed by atoms with Gasteiger partial charge in [-0.15, -0.1) is 0 Å². The van der Waals surface area contributed by atoms with Crippen LogP contribution in [0.1, 0.15) is 13.8 Å². The minimum atomic E-state index is -0.323. The van der Waals surface area contributed by atoms with Crippen LogP contribution < -0.4 is 26.4 Å². The first-order valence-corrected chi connectivity index (χ1v) is 16.7. The Hall–Kier alpha value is -5.32. The van der Waals surface area contributed by atoms with Gasteiger partial charge in [-0.2, -0.15) is 0 Å². The van der Waals surface area contributed by atoms with Crippen molar-refractivity contribution in [1.29, 1.82) is 0 Å². The van der Waals surface area contributed by atoms with E-state index in [1.54, 1.807) is 12.4 Å². The number of likely N-dealkylation sites (N-methyl/N-ethyl adjacent to an activating group) is 1. The van der Waals surface area contributed by atoms with Crippen LogP contribution in [0.25, 0.3) is 44.5 Å². The number of nitrogens with one attached hydrogen (secondary N) is 1. The van der Waals surface area contributed by atoms with Gasteiger partial charge < -0.3 is 28.9 Å². The number of benzene rings is 2. The summed E-state index contributed by atoms with van der Waals surface area (Å²) >= 11 is 0. The maximum absolute atomic E-state index is 12.5. The topological polar surface area (TPSA) is 108 Å². The first-order valence-electron chi connectivity index (χ1n) is 16.7. The van der Waals surface area contributed by atoms with E-state index in [9.17, 15) is 9.59 Å². The van der Waals surface area contributed by atoms with Crippen molar-refractivity contribution in [3.8, 4) is 22.9 Å². The Balaban J connectivity index is 0.000000154. The number of pyridine rings is 2. The fraction of sp³-hybridized carbons (Fsp3) is 0.282. The molecule has 2 saturated heterocycles. The Kier molecular flexibility index (Phi) is 9.23. The van der Waals surface area contributed by atoms with E-state index < -0.39 is 0 Å². The summed E-state index contributed by atoms with van der Waals surface area (Å²) in [7, 11) is 2.13. The van der Waals surface area contributed by atoms with E-state index in [1.165, 1.54) is 0 Å². The Morgan fingerprint density at radius 1 is 0.633 bits per heavy atom. The number of fused-ring (bicyclic) bond motifs is 2. The van der Waals surface area contributed by atoms with Crippen LogP contribution >= 0.6 is 0 Å². The molecule has 0 spiro atoms. The maximum atomic E-state index is 12.5. The first kappa shape index (κ1) is 32.2. The molecule has 2 atom stereocenters. The summed E-state index contributed by atoms with van der Waals surface area (Å²) in [6, 6.07) is 27.7. The Labute approximate surface area is 284 Å². The Bertz CT molecular complexity index is 2170. The summed E-state index contributed by atoms with van der Waals surface area (Å²) in [5.74, 6) is 0.996. The molecule has 8 rings (SSSR count). The highest BCUT2D eigenvalue weighted by Crippen LogP contribution is 2.27. The van der Waals surface area contributed by atoms with Gasteiger partial charge in [0.2, 0.25) is 0 Å². The van der Waals surface area contributed by atoms with E-state index in [-0.39, 0.29) is 11.3 Å². The van der Waals surface area contributed by atoms with Crippen molar-refractivity contribution < 1.29 is 8.83 Å². The number of anilines is 2. The van der Waals surface area contributed by atoms with Gasteiger partial charge in [-0.25, -0.2) is 9.59 Å². The number of nitrogens with zero attached hydrogens (tertiary/aromatic N) is 5. The lowest BCUT2D eigenvalue weighted by molar-refractivity contribution is 0.313. The van der Waals surface area contributed by atoms with Gasteiger partial charge in [-0.3, -0.25) is 9.97 Å². The second-order valence-corrected chi connectivity index (χ2v) is 12.9. The molecule has 6 heterocycles. The SMILES string of the molecule is CN1CCN(c2ccc3cc(-c4ccccn4)oc(=O)c3c2)CC1.C[C@@H]1CN(c2ccc3cc(-c4ccccn4)oc(=O)c3c2)C[C@H](C)N1. The molecule has 6 aromatic rings. The number of piperazine rings is 2. The highest BCUT2D eigenvalue weighted by molar-refractivity contribution is 5.88. The summed E-state index contributed by atoms with van der Waals surface area (Å²) in [6.45, 7) is 10.2. The third kappa shape index (κ3) is 7.25. The third-order valence-corrected chi connectivity index (χ3v) is 9.12. The van der Waals surface area contributed by atoms with E-state index in [0.29, 0.717) is 45.8 Å². The number of hydrogen-bond acceptors (Lipinski definition) is 10. The van der Waals surface area contributed by atoms with Gasteiger partial charge in [-0.05, 0) is 92.3 Å². The second kappa shape index (κ2) is 14.0. The van der Waals surface area contributed by atoms with Crippen LogP contribution in [0.5, 0.6) is 0 Å². The van der Waals surface area contributed by atoms with Gasteiger partial charge in [0, 0.05) is 75.1 Å². The molecule has 0 radical (unpaired) electrons. The fourth-order valence-corrected chi connectivity index (χ4v) is 6.61. The Morgan fingerprint density at radius 2 is 1.12 bits per heavy atom. The molecule has 0 bridgehead atoms. The Morgan fingerprint density at radius 3 is 1.59 bits per heavy atom. The van der Waals surface area contributed by atoms with Gasteiger partial charge in [0.25, 0.3) is 0 Å². The number of hydrogen-bond donors (Lipinski definition) is 1. The molecule has 0 unspecified atom stereocenters. The predicted molar refractivity (Wildman–Crippen MR) is 195 cm³/mol. The van der Waals surface area contributed by atoms with Crippen molar-refractivity contribution in [1.82, 2.24) is 20.2 Å². The van der Waals surface area contributed by atoms with Gasteiger partial charge in [0.15, 0.2) is 11.5 Å². The average molecular weight is 657 g/mol. The zero-order chi connectivity index (χ0) is 33.9. The van der Waals surface area contributed by atoms with Crippen LogP contribution in [0.4, 0.5) is 11.4 Å². The summed E-state index contributed by atoms with van der Waals surface area (Å²) in [6.07, 6.45) is 3.38. The largest absolute Gasteiger partial charge is 0.421 e. The molecule has 0 amide bonds. The van der Waals surface area contributed by atoms with E-state index in [1.807, 2.05) is 72.8 Å². The molecule has 2 aliphatic heterocycles. The predicted octanol–water partition coefficient (Wildman–Crippen LogP) is 5.65. The molecular weight excluding hydrogens is 616 g/mol. The van der Waals surface area contributed by atoms with Crippen molar-refractivity contribution >= 4 is 32.9 Å². The summed E-state index contributed by atoms with van der Waals surface area (Å²) in [5, 5.41) is 6.50. The summed E-state index contributed by atoms with van der Waals surface area (Å²) in [4.78, 5) is 40.4. The molecule has 2 aliphatic rings. The fourth-order valence-electron chi connectivity index (χ4n) is 6.61. The molecular formula is C39H40N6O4. The molecule has 250 valence electrons. The van der Waals surface area contributed by atoms with Crippen LogP contribution in [0.3, 0.4) is 0 Å². The van der Waals surface area contributed by atoms with Gasteiger partial charge in [0.1, 0.15) is 11.4 Å². The first-order chi connectivity index (χ1) is 23.8. The standard InChI is InChI=1S/C20H21N3O2.C19H19N3O2/c1-13-11-23(12-14(2)22-13)16-7-6-15-9-19(18-5-3-4-8-21-18)25-20(24)17(15)10-16;1-21-8-10-22(11-9-21)15-6-5-14-12-18(17-4-2-3-7-20-17)24-19(23)16(14)13-15/h3-10,13-14,22H,11-12H2,1-2H3;2-7,12-13H,8-11H2,1H3/t13-,14+;. The van der Waals surface area contributed by atoms with Crippen LogP contribution in [-0.4, -0.2) is 73.3 Å². The zero-order valence-corrected chi connectivity index (χ0v) is 28.0. The van der Waals surface area contributed by atoms with E-state index in [4.69, 9.17) is 8.83 Å². The van der Waals surface area contributed by atoms with E-state index in [0.717, 1.165) is 61.4 Å². The third-order valence-electron chi connectivity index (χ3n) is 9.12. The van der Waals surface area contributed by atoms with Crippen molar-refractivity contribution in [3.05, 3.63) is 118 Å². The van der Waals surface area contributed by atoms with Crippen molar-refractivity contribution in [2.75, 3.05) is 56.1 Å². The quantitative estimate of drug-likeness (QED) is 0.256. The normalized spacial score (nSPS) is 18.3. The molecule has 49 heavy (non-hydrogen) atoms. The highest BCUT2D eigenvalue weighted by Gasteiger charge is 2.22. The molecule has 2 fully saturated rings. The van der Waals surface area contributed by atoms with Crippen molar-refractivity contribution in [2.24, 2.45) is 0 Å². The smallest absolute Gasteiger partial charge is 0.344 e. The zero-order valence-electron chi connectivity index (χ0n) is 28.0. The lowest BCUT2D eigenvalue weighted by atomic mass is 10.1. The molecule has 10 nitrogen and oxygen atoms in total. The van der Waals surface area contributed by atoms with Gasteiger partial charge >= 0.3 is 11.3 Å². The van der Waals surface area contributed by atoms with Crippen LogP contribution in [0.2, 0.25) is 0 Å².